The van der Waals surface area contributed by atoms with E-state index in [9.17, 15) is 14.4 Å². The number of rotatable bonds is 7. The summed E-state index contributed by atoms with van der Waals surface area (Å²) in [6.07, 6.45) is -0.817. The number of carbonyl (C=O) groups is 3. The molecule has 42 heavy (non-hydrogen) atoms. The maximum absolute atomic E-state index is 12.9. The van der Waals surface area contributed by atoms with E-state index in [0.29, 0.717) is 18.6 Å². The number of aldehydes is 1. The van der Waals surface area contributed by atoms with Crippen LogP contribution in [0.5, 0.6) is 5.75 Å². The minimum Gasteiger partial charge on any atom is -0.508 e. The molecule has 1 aliphatic rings. The lowest BCUT2D eigenvalue weighted by Gasteiger charge is -2.42. The fourth-order valence-electron chi connectivity index (χ4n) is 3.87. The van der Waals surface area contributed by atoms with Gasteiger partial charge in [0.25, 0.3) is 5.91 Å². The monoisotopic (exact) mass is 579 g/mol. The maximum Gasteiger partial charge on any atom is 0.436 e. The van der Waals surface area contributed by atoms with Gasteiger partial charge in [-0.3, -0.25) is 14.5 Å². The van der Waals surface area contributed by atoms with E-state index in [1.807, 2.05) is 87.3 Å². The summed E-state index contributed by atoms with van der Waals surface area (Å²) in [4.78, 5) is 45.0. The Kier molecular flexibility index (Phi) is 14.0. The normalized spacial score (nSPS) is 14.8. The standard InChI is InChI=1S/C22H27N3O5.C7H8O.C4H10/c1-16(2)23(3)13-20-24(11-12-26)21(27)15-30-25(20)22(28)29-14-18-9-6-8-17-7-4-5-10-19(17)18;1-6-2-4-7(8)5-3-6;1-4(2)3/h4-10,12,16,20H,11,13-15H2,1-3H3;2-5,8H,1H3;4H,1-3H3. The van der Waals surface area contributed by atoms with Gasteiger partial charge in [-0.2, -0.15) is 5.06 Å². The highest BCUT2D eigenvalue weighted by Crippen LogP contribution is 2.21. The zero-order valence-corrected chi connectivity index (χ0v) is 25.8. The van der Waals surface area contributed by atoms with Crippen molar-refractivity contribution in [2.24, 2.45) is 5.92 Å². The Hall–Kier alpha value is -3.95. The van der Waals surface area contributed by atoms with Gasteiger partial charge in [0.15, 0.2) is 6.61 Å². The van der Waals surface area contributed by atoms with Crippen molar-refractivity contribution in [3.63, 3.8) is 0 Å². The Bertz CT molecular complexity index is 1250. The highest BCUT2D eigenvalue weighted by Gasteiger charge is 2.39. The fraction of sp³-hybridized carbons (Fsp3) is 0.424. The molecule has 9 heteroatoms. The predicted octanol–water partition coefficient (Wildman–Crippen LogP) is 5.78. The molecular formula is C33H45N3O6. The first-order valence-corrected chi connectivity index (χ1v) is 14.2. The molecule has 228 valence electrons. The molecule has 0 radical (unpaired) electrons. The van der Waals surface area contributed by atoms with Crippen LogP contribution in [-0.4, -0.2) is 77.2 Å². The molecule has 9 nitrogen and oxygen atoms in total. The largest absolute Gasteiger partial charge is 0.508 e. The number of amides is 2. The van der Waals surface area contributed by atoms with Crippen molar-refractivity contribution in [3.05, 3.63) is 77.9 Å². The summed E-state index contributed by atoms with van der Waals surface area (Å²) in [5.41, 5.74) is 2.04. The number of nitrogens with zero attached hydrogens (tertiary/aromatic N) is 3. The lowest BCUT2D eigenvalue weighted by Crippen LogP contribution is -2.63. The van der Waals surface area contributed by atoms with Gasteiger partial charge in [0.05, 0.1) is 6.54 Å². The average Bonchev–Trinajstić information content (AvgIpc) is 2.95. The van der Waals surface area contributed by atoms with Gasteiger partial charge in [-0.25, -0.2) is 4.79 Å². The summed E-state index contributed by atoms with van der Waals surface area (Å²) in [6, 6.07) is 20.9. The number of aryl methyl sites for hydroxylation is 1. The van der Waals surface area contributed by atoms with Crippen molar-refractivity contribution in [3.8, 4) is 5.75 Å². The van der Waals surface area contributed by atoms with E-state index in [1.165, 1.54) is 10.5 Å². The van der Waals surface area contributed by atoms with Gasteiger partial charge in [0.2, 0.25) is 0 Å². The zero-order valence-electron chi connectivity index (χ0n) is 25.8. The van der Waals surface area contributed by atoms with E-state index in [-0.39, 0.29) is 31.7 Å². The van der Waals surface area contributed by atoms with Crippen LogP contribution in [0.3, 0.4) is 0 Å². The molecule has 0 aliphatic carbocycles. The molecular weight excluding hydrogens is 534 g/mol. The minimum absolute atomic E-state index is 0.0639. The van der Waals surface area contributed by atoms with Gasteiger partial charge < -0.3 is 19.5 Å². The number of fused-ring (bicyclic) bond motifs is 1. The van der Waals surface area contributed by atoms with Crippen LogP contribution in [0, 0.1) is 12.8 Å². The van der Waals surface area contributed by atoms with Crippen LogP contribution in [0.25, 0.3) is 10.8 Å². The lowest BCUT2D eigenvalue weighted by atomic mass is 10.1. The lowest BCUT2D eigenvalue weighted by molar-refractivity contribution is -0.230. The molecule has 1 unspecified atom stereocenters. The summed E-state index contributed by atoms with van der Waals surface area (Å²) in [6.45, 7) is 12.4. The molecule has 4 rings (SSSR count). The molecule has 0 aromatic heterocycles. The van der Waals surface area contributed by atoms with Gasteiger partial charge in [0.1, 0.15) is 24.8 Å². The molecule has 1 aliphatic heterocycles. The molecule has 1 heterocycles. The summed E-state index contributed by atoms with van der Waals surface area (Å²) in [7, 11) is 1.88. The predicted molar refractivity (Wildman–Crippen MR) is 165 cm³/mol. The van der Waals surface area contributed by atoms with Crippen LogP contribution in [0.1, 0.15) is 45.7 Å². The Morgan fingerprint density at radius 1 is 1.05 bits per heavy atom. The Morgan fingerprint density at radius 2 is 1.67 bits per heavy atom. The molecule has 1 N–H and O–H groups in total. The van der Waals surface area contributed by atoms with Gasteiger partial charge in [-0.05, 0) is 62.2 Å². The van der Waals surface area contributed by atoms with Crippen molar-refractivity contribution in [1.82, 2.24) is 14.9 Å². The van der Waals surface area contributed by atoms with Crippen molar-refractivity contribution in [1.29, 1.82) is 0 Å². The number of ether oxygens (including phenoxy) is 1. The van der Waals surface area contributed by atoms with Crippen LogP contribution in [0.4, 0.5) is 4.79 Å². The molecule has 1 fully saturated rings. The van der Waals surface area contributed by atoms with Crippen molar-refractivity contribution < 1.29 is 29.1 Å². The molecule has 1 saturated heterocycles. The smallest absolute Gasteiger partial charge is 0.436 e. The quantitative estimate of drug-likeness (QED) is 0.354. The van der Waals surface area contributed by atoms with E-state index in [1.54, 1.807) is 12.1 Å². The second kappa shape index (κ2) is 17.1. The topological polar surface area (TPSA) is 99.6 Å². The van der Waals surface area contributed by atoms with Crippen LogP contribution in [0.2, 0.25) is 0 Å². The second-order valence-corrected chi connectivity index (χ2v) is 11.1. The SMILES string of the molecule is CC(C)C.CC(C)N(C)CC1N(CC=O)C(=O)CON1C(=O)OCc1cccc2ccccc12.Cc1ccc(O)cc1. The molecule has 2 amide bonds. The number of phenols is 1. The van der Waals surface area contributed by atoms with E-state index in [4.69, 9.17) is 14.7 Å². The highest BCUT2D eigenvalue weighted by molar-refractivity contribution is 5.86. The summed E-state index contributed by atoms with van der Waals surface area (Å²) >= 11 is 0. The Labute approximate surface area is 249 Å². The second-order valence-electron chi connectivity index (χ2n) is 11.1. The Morgan fingerprint density at radius 3 is 2.26 bits per heavy atom. The zero-order chi connectivity index (χ0) is 31.2. The summed E-state index contributed by atoms with van der Waals surface area (Å²) < 4.78 is 5.53. The number of aromatic hydroxyl groups is 1. The number of hydrogen-bond donors (Lipinski definition) is 1. The number of benzene rings is 3. The molecule has 1 atom stereocenters. The number of likely N-dealkylation sites (N-methyl/N-ethyl adjacent to an activating group) is 1. The first kappa shape index (κ1) is 34.3. The van der Waals surface area contributed by atoms with Gasteiger partial charge >= 0.3 is 6.09 Å². The molecule has 3 aromatic rings. The fourth-order valence-corrected chi connectivity index (χ4v) is 3.87. The molecule has 0 spiro atoms. The van der Waals surface area contributed by atoms with Gasteiger partial charge in [-0.15, -0.1) is 0 Å². The molecule has 3 aromatic carbocycles. The summed E-state index contributed by atoms with van der Waals surface area (Å²) in [5, 5.41) is 11.9. The van der Waals surface area contributed by atoms with Crippen molar-refractivity contribution >= 4 is 29.1 Å². The number of phenolic OH excluding ortho intramolecular Hbond substituents is 1. The third kappa shape index (κ3) is 10.8. The van der Waals surface area contributed by atoms with E-state index >= 15 is 0 Å². The van der Waals surface area contributed by atoms with Gasteiger partial charge in [0, 0.05) is 12.6 Å². The molecule has 0 saturated carbocycles. The third-order valence-corrected chi connectivity index (χ3v) is 6.33. The number of hydrogen-bond acceptors (Lipinski definition) is 7. The van der Waals surface area contributed by atoms with Crippen LogP contribution >= 0.6 is 0 Å². The van der Waals surface area contributed by atoms with Gasteiger partial charge in [-0.1, -0.05) is 80.9 Å². The minimum atomic E-state index is -0.760. The average molecular weight is 580 g/mol. The van der Waals surface area contributed by atoms with E-state index in [0.717, 1.165) is 27.3 Å². The van der Waals surface area contributed by atoms with Crippen LogP contribution in [0.15, 0.2) is 66.7 Å². The van der Waals surface area contributed by atoms with E-state index in [2.05, 4.69) is 20.8 Å². The van der Waals surface area contributed by atoms with Crippen molar-refractivity contribution in [2.45, 2.75) is 60.4 Å². The summed E-state index contributed by atoms with van der Waals surface area (Å²) in [5.74, 6) is 0.818. The Balaban J connectivity index is 0.000000427. The van der Waals surface area contributed by atoms with Crippen molar-refractivity contribution in [2.75, 3.05) is 26.7 Å². The highest BCUT2D eigenvalue weighted by atomic mass is 16.7. The third-order valence-electron chi connectivity index (χ3n) is 6.33. The molecule has 0 bridgehead atoms. The first-order chi connectivity index (χ1) is 19.9. The van der Waals surface area contributed by atoms with E-state index < -0.39 is 12.3 Å². The maximum atomic E-state index is 12.9. The number of hydroxylamine groups is 2. The van der Waals surface area contributed by atoms with Crippen LogP contribution < -0.4 is 0 Å². The first-order valence-electron chi connectivity index (χ1n) is 14.2. The van der Waals surface area contributed by atoms with Crippen LogP contribution in [-0.2, 0) is 25.8 Å². The number of carbonyl (C=O) groups excluding carboxylic acids is 3.